The van der Waals surface area contributed by atoms with Crippen molar-refractivity contribution in [3.63, 3.8) is 0 Å². The second kappa shape index (κ2) is 4.81. The number of rotatable bonds is 1. The normalized spacial score (nSPS) is 19.9. The fourth-order valence-electron chi connectivity index (χ4n) is 3.49. The molecule has 0 aromatic carbocycles. The SMILES string of the molecule is Cc1c([C@H]2C3=C(CCCC3=O)Nc3ncnn32)cc(C#N)n1C. The van der Waals surface area contributed by atoms with Gasteiger partial charge >= 0.3 is 0 Å². The van der Waals surface area contributed by atoms with E-state index in [1.54, 1.807) is 4.68 Å². The minimum absolute atomic E-state index is 0.145. The van der Waals surface area contributed by atoms with Gasteiger partial charge in [-0.05, 0) is 25.8 Å². The van der Waals surface area contributed by atoms with Crippen LogP contribution >= 0.6 is 0 Å². The Morgan fingerprint density at radius 1 is 1.43 bits per heavy atom. The summed E-state index contributed by atoms with van der Waals surface area (Å²) in [4.78, 5) is 16.8. The Labute approximate surface area is 133 Å². The van der Waals surface area contributed by atoms with Crippen LogP contribution in [0.5, 0.6) is 0 Å². The Bertz CT molecular complexity index is 894. The van der Waals surface area contributed by atoms with E-state index in [-0.39, 0.29) is 11.8 Å². The van der Waals surface area contributed by atoms with E-state index in [1.165, 1.54) is 6.33 Å². The average Bonchev–Trinajstić information content (AvgIpc) is 3.11. The molecule has 7 nitrogen and oxygen atoms in total. The van der Waals surface area contributed by atoms with Crippen LogP contribution in [0.4, 0.5) is 5.95 Å². The van der Waals surface area contributed by atoms with Gasteiger partial charge in [0.1, 0.15) is 24.1 Å². The summed E-state index contributed by atoms with van der Waals surface area (Å²) in [5.41, 5.74) is 4.16. The molecule has 0 bridgehead atoms. The molecule has 1 atom stereocenters. The van der Waals surface area contributed by atoms with Crippen molar-refractivity contribution in [1.82, 2.24) is 19.3 Å². The molecule has 4 rings (SSSR count). The van der Waals surface area contributed by atoms with Gasteiger partial charge in [0, 0.05) is 36.0 Å². The maximum absolute atomic E-state index is 12.6. The summed E-state index contributed by atoms with van der Waals surface area (Å²) in [5.74, 6) is 0.789. The van der Waals surface area contributed by atoms with Crippen LogP contribution in [0.1, 0.15) is 42.3 Å². The van der Waals surface area contributed by atoms with Crippen molar-refractivity contribution in [1.29, 1.82) is 5.26 Å². The van der Waals surface area contributed by atoms with E-state index in [4.69, 9.17) is 0 Å². The third-order valence-electron chi connectivity index (χ3n) is 4.79. The lowest BCUT2D eigenvalue weighted by Crippen LogP contribution is -2.31. The topological polar surface area (TPSA) is 88.5 Å². The number of aromatic nitrogens is 4. The minimum Gasteiger partial charge on any atom is -0.340 e. The van der Waals surface area contributed by atoms with Gasteiger partial charge < -0.3 is 9.88 Å². The third-order valence-corrected chi connectivity index (χ3v) is 4.79. The molecule has 0 unspecified atom stereocenters. The van der Waals surface area contributed by atoms with Crippen molar-refractivity contribution in [2.45, 2.75) is 32.2 Å². The van der Waals surface area contributed by atoms with E-state index in [2.05, 4.69) is 21.5 Å². The van der Waals surface area contributed by atoms with E-state index in [1.807, 2.05) is 24.6 Å². The molecule has 0 saturated heterocycles. The van der Waals surface area contributed by atoms with Crippen LogP contribution in [0.3, 0.4) is 0 Å². The molecule has 0 spiro atoms. The number of nitriles is 1. The first-order valence-electron chi connectivity index (χ1n) is 7.61. The van der Waals surface area contributed by atoms with Gasteiger partial charge in [-0.2, -0.15) is 15.3 Å². The first kappa shape index (κ1) is 13.8. The van der Waals surface area contributed by atoms with Crippen LogP contribution in [-0.2, 0) is 11.8 Å². The lowest BCUT2D eigenvalue weighted by atomic mass is 9.85. The molecule has 3 heterocycles. The second-order valence-corrected chi connectivity index (χ2v) is 5.97. The van der Waals surface area contributed by atoms with Gasteiger partial charge in [0.2, 0.25) is 5.95 Å². The summed E-state index contributed by atoms with van der Waals surface area (Å²) in [6.45, 7) is 1.96. The van der Waals surface area contributed by atoms with Crippen molar-refractivity contribution in [3.8, 4) is 6.07 Å². The fourth-order valence-corrected chi connectivity index (χ4v) is 3.49. The number of anilines is 1. The van der Waals surface area contributed by atoms with Crippen molar-refractivity contribution >= 4 is 11.7 Å². The van der Waals surface area contributed by atoms with E-state index < -0.39 is 0 Å². The lowest BCUT2D eigenvalue weighted by Gasteiger charge is -2.32. The molecule has 1 aliphatic carbocycles. The largest absolute Gasteiger partial charge is 0.340 e. The van der Waals surface area contributed by atoms with E-state index in [0.29, 0.717) is 18.1 Å². The molecule has 116 valence electrons. The number of ketones is 1. The predicted octanol–water partition coefficient (Wildman–Crippen LogP) is 1.82. The van der Waals surface area contributed by atoms with E-state index >= 15 is 0 Å². The van der Waals surface area contributed by atoms with Crippen molar-refractivity contribution in [2.24, 2.45) is 7.05 Å². The zero-order valence-electron chi connectivity index (χ0n) is 13.0. The summed E-state index contributed by atoms with van der Waals surface area (Å²) < 4.78 is 3.59. The van der Waals surface area contributed by atoms with Gasteiger partial charge in [0.15, 0.2) is 5.78 Å². The highest BCUT2D eigenvalue weighted by Crippen LogP contribution is 2.40. The minimum atomic E-state index is -0.315. The summed E-state index contributed by atoms with van der Waals surface area (Å²) in [7, 11) is 1.86. The highest BCUT2D eigenvalue weighted by atomic mass is 16.1. The number of nitrogens with one attached hydrogen (secondary N) is 1. The quantitative estimate of drug-likeness (QED) is 0.868. The highest BCUT2D eigenvalue weighted by Gasteiger charge is 2.37. The highest BCUT2D eigenvalue weighted by molar-refractivity contribution is 5.99. The molecule has 2 aromatic rings. The van der Waals surface area contributed by atoms with Crippen LogP contribution < -0.4 is 5.32 Å². The Hall–Kier alpha value is -2.88. The van der Waals surface area contributed by atoms with Gasteiger partial charge in [0.05, 0.1) is 0 Å². The van der Waals surface area contributed by atoms with Crippen LogP contribution in [-0.4, -0.2) is 25.1 Å². The first-order chi connectivity index (χ1) is 11.1. The summed E-state index contributed by atoms with van der Waals surface area (Å²) >= 11 is 0. The van der Waals surface area contributed by atoms with Crippen LogP contribution in [0.25, 0.3) is 0 Å². The predicted molar refractivity (Wildman–Crippen MR) is 82.5 cm³/mol. The van der Waals surface area contributed by atoms with Gasteiger partial charge in [-0.25, -0.2) is 4.68 Å². The molecule has 2 aromatic heterocycles. The first-order valence-corrected chi connectivity index (χ1v) is 7.61. The van der Waals surface area contributed by atoms with Crippen molar-refractivity contribution in [2.75, 3.05) is 5.32 Å². The summed E-state index contributed by atoms with van der Waals surface area (Å²) in [6.07, 6.45) is 3.73. The molecule has 7 heteroatoms. The molecule has 0 amide bonds. The van der Waals surface area contributed by atoms with Crippen LogP contribution in [0.15, 0.2) is 23.7 Å². The van der Waals surface area contributed by atoms with Crippen molar-refractivity contribution < 1.29 is 4.79 Å². The Morgan fingerprint density at radius 2 is 2.26 bits per heavy atom. The standard InChI is InChI=1S/C16H16N6O/c1-9-11(6-10(7-17)21(9)2)15-14-12(4-3-5-13(14)23)20-16-18-8-19-22(15)16/h6,8,15H,3-5H2,1-2H3,(H,18,19,20)/t15-/m0/s1. The lowest BCUT2D eigenvalue weighted by molar-refractivity contribution is -0.116. The fraction of sp³-hybridized carbons (Fsp3) is 0.375. The number of carbonyl (C=O) groups excluding carboxylic acids is 1. The zero-order valence-corrected chi connectivity index (χ0v) is 13.0. The van der Waals surface area contributed by atoms with Gasteiger partial charge in [-0.15, -0.1) is 0 Å². The number of allylic oxidation sites excluding steroid dienone is 2. The van der Waals surface area contributed by atoms with E-state index in [0.717, 1.165) is 35.4 Å². The average molecular weight is 308 g/mol. The summed E-state index contributed by atoms with van der Waals surface area (Å²) in [5, 5.41) is 16.8. The molecule has 1 N–H and O–H groups in total. The molecule has 2 aliphatic rings. The zero-order chi connectivity index (χ0) is 16.1. The number of carbonyl (C=O) groups is 1. The van der Waals surface area contributed by atoms with Gasteiger partial charge in [-0.1, -0.05) is 0 Å². The van der Waals surface area contributed by atoms with Crippen molar-refractivity contribution in [3.05, 3.63) is 40.6 Å². The van der Waals surface area contributed by atoms with Gasteiger partial charge in [-0.3, -0.25) is 4.79 Å². The Morgan fingerprint density at radius 3 is 3.00 bits per heavy atom. The molecule has 0 radical (unpaired) electrons. The smallest absolute Gasteiger partial charge is 0.226 e. The number of fused-ring (bicyclic) bond motifs is 1. The monoisotopic (exact) mass is 308 g/mol. The molecule has 23 heavy (non-hydrogen) atoms. The molecule has 0 saturated carbocycles. The number of hydrogen-bond acceptors (Lipinski definition) is 5. The summed E-state index contributed by atoms with van der Waals surface area (Å²) in [6, 6.07) is 3.73. The van der Waals surface area contributed by atoms with E-state index in [9.17, 15) is 10.1 Å². The third kappa shape index (κ3) is 1.84. The molecule has 0 fully saturated rings. The number of nitrogens with zero attached hydrogens (tertiary/aromatic N) is 5. The second-order valence-electron chi connectivity index (χ2n) is 5.97. The maximum Gasteiger partial charge on any atom is 0.226 e. The molecular formula is C16H16N6O. The number of Topliss-reactive ketones (excluding diaryl/α,β-unsaturated/α-hetero) is 1. The van der Waals surface area contributed by atoms with Crippen LogP contribution in [0, 0.1) is 18.3 Å². The Kier molecular flexibility index (Phi) is 2.88. The van der Waals surface area contributed by atoms with Crippen LogP contribution in [0.2, 0.25) is 0 Å². The number of hydrogen-bond donors (Lipinski definition) is 1. The molecule has 1 aliphatic heterocycles. The molecular weight excluding hydrogens is 292 g/mol. The Balaban J connectivity index is 1.97. The van der Waals surface area contributed by atoms with Gasteiger partial charge in [0.25, 0.3) is 0 Å². The maximum atomic E-state index is 12.6.